The molecule has 0 bridgehead atoms. The van der Waals surface area contributed by atoms with Crippen LogP contribution in [0.15, 0.2) is 29.3 Å². The van der Waals surface area contributed by atoms with E-state index in [2.05, 4.69) is 22.3 Å². The lowest BCUT2D eigenvalue weighted by atomic mass is 9.79. The molecule has 1 unspecified atom stereocenters. The zero-order chi connectivity index (χ0) is 17.7. The van der Waals surface area contributed by atoms with Crippen LogP contribution < -0.4 is 5.32 Å². The Bertz CT molecular complexity index is 581. The molecule has 1 aliphatic heterocycles. The van der Waals surface area contributed by atoms with Crippen molar-refractivity contribution >= 4 is 29.9 Å². The predicted molar refractivity (Wildman–Crippen MR) is 115 cm³/mol. The fourth-order valence-electron chi connectivity index (χ4n) is 4.26. The summed E-state index contributed by atoms with van der Waals surface area (Å²) in [4.78, 5) is 6.66. The first-order valence-electron chi connectivity index (χ1n) is 9.38. The fraction of sp³-hybridized carbons (Fsp3) is 0.650. The zero-order valence-corrected chi connectivity index (χ0v) is 18.2. The van der Waals surface area contributed by atoms with Crippen molar-refractivity contribution in [1.82, 2.24) is 10.2 Å². The summed E-state index contributed by atoms with van der Waals surface area (Å²) in [5.41, 5.74) is 1.32. The summed E-state index contributed by atoms with van der Waals surface area (Å²) in [7, 11) is 3.93. The molecule has 146 valence electrons. The maximum Gasteiger partial charge on any atom is 0.193 e. The number of nitrogens with one attached hydrogen (secondary N) is 1. The third-order valence-corrected chi connectivity index (χ3v) is 5.73. The van der Waals surface area contributed by atoms with Gasteiger partial charge < -0.3 is 15.0 Å². The van der Waals surface area contributed by atoms with Crippen molar-refractivity contribution in [3.8, 4) is 0 Å². The topological polar surface area (TPSA) is 36.9 Å². The SMILES string of the molecule is CN=C(NCC1(c2ccc(F)cc2)CCCC1)N(C)CC1CCOC1.I. The Morgan fingerprint density at radius 1 is 1.31 bits per heavy atom. The first kappa shape index (κ1) is 21.4. The molecule has 0 amide bonds. The Balaban J connectivity index is 0.00000243. The van der Waals surface area contributed by atoms with Crippen molar-refractivity contribution < 1.29 is 9.13 Å². The molecule has 1 saturated carbocycles. The summed E-state index contributed by atoms with van der Waals surface area (Å²) in [6, 6.07) is 7.06. The number of rotatable bonds is 5. The molecule has 1 N–H and O–H groups in total. The number of ether oxygens (including phenoxy) is 1. The van der Waals surface area contributed by atoms with E-state index in [1.165, 1.54) is 18.4 Å². The number of guanidine groups is 1. The van der Waals surface area contributed by atoms with Crippen LogP contribution in [0.5, 0.6) is 0 Å². The smallest absolute Gasteiger partial charge is 0.193 e. The molecule has 4 nitrogen and oxygen atoms in total. The first-order chi connectivity index (χ1) is 12.1. The third-order valence-electron chi connectivity index (χ3n) is 5.73. The van der Waals surface area contributed by atoms with E-state index in [9.17, 15) is 4.39 Å². The van der Waals surface area contributed by atoms with Crippen molar-refractivity contribution in [1.29, 1.82) is 0 Å². The van der Waals surface area contributed by atoms with Gasteiger partial charge in [-0.3, -0.25) is 4.99 Å². The zero-order valence-electron chi connectivity index (χ0n) is 15.8. The highest BCUT2D eigenvalue weighted by Crippen LogP contribution is 2.40. The van der Waals surface area contributed by atoms with Crippen LogP contribution in [0.4, 0.5) is 4.39 Å². The third kappa shape index (κ3) is 5.09. The summed E-state index contributed by atoms with van der Waals surface area (Å²) >= 11 is 0. The molecule has 0 aromatic heterocycles. The van der Waals surface area contributed by atoms with Crippen LogP contribution >= 0.6 is 24.0 Å². The molecule has 2 fully saturated rings. The highest BCUT2D eigenvalue weighted by molar-refractivity contribution is 14.0. The number of aliphatic imine (C=N–C) groups is 1. The minimum absolute atomic E-state index is 0. The quantitative estimate of drug-likeness (QED) is 0.400. The van der Waals surface area contributed by atoms with Crippen LogP contribution in [0.3, 0.4) is 0 Å². The minimum atomic E-state index is -0.167. The van der Waals surface area contributed by atoms with Crippen LogP contribution in [0.1, 0.15) is 37.7 Å². The highest BCUT2D eigenvalue weighted by Gasteiger charge is 2.36. The first-order valence-corrected chi connectivity index (χ1v) is 9.38. The van der Waals surface area contributed by atoms with E-state index >= 15 is 0 Å². The number of hydrogen-bond donors (Lipinski definition) is 1. The largest absolute Gasteiger partial charge is 0.381 e. The van der Waals surface area contributed by atoms with Gasteiger partial charge in [-0.25, -0.2) is 4.39 Å². The van der Waals surface area contributed by atoms with Crippen molar-refractivity contribution in [3.63, 3.8) is 0 Å². The van der Waals surface area contributed by atoms with Crippen molar-refractivity contribution in [2.45, 2.75) is 37.5 Å². The molecule has 1 aromatic carbocycles. The van der Waals surface area contributed by atoms with E-state index in [-0.39, 0.29) is 35.2 Å². The van der Waals surface area contributed by atoms with E-state index in [1.807, 2.05) is 19.2 Å². The summed E-state index contributed by atoms with van der Waals surface area (Å²) in [5, 5.41) is 3.58. The number of hydrogen-bond acceptors (Lipinski definition) is 2. The molecule has 6 heteroatoms. The monoisotopic (exact) mass is 475 g/mol. The summed E-state index contributed by atoms with van der Waals surface area (Å²) in [6.07, 6.45) is 5.87. The fourth-order valence-corrected chi connectivity index (χ4v) is 4.26. The molecule has 1 heterocycles. The molecule has 1 saturated heterocycles. The highest BCUT2D eigenvalue weighted by atomic mass is 127. The summed E-state index contributed by atoms with van der Waals surface area (Å²) < 4.78 is 18.8. The van der Waals surface area contributed by atoms with Crippen LogP contribution in [0.25, 0.3) is 0 Å². The van der Waals surface area contributed by atoms with Crippen molar-refractivity contribution in [3.05, 3.63) is 35.6 Å². The summed E-state index contributed by atoms with van der Waals surface area (Å²) in [5.74, 6) is 1.35. The second-order valence-electron chi connectivity index (χ2n) is 7.51. The molecular weight excluding hydrogens is 444 g/mol. The van der Waals surface area contributed by atoms with Crippen LogP contribution in [0.2, 0.25) is 0 Å². The van der Waals surface area contributed by atoms with Gasteiger partial charge in [-0.05, 0) is 37.0 Å². The van der Waals surface area contributed by atoms with E-state index in [0.29, 0.717) is 5.92 Å². The van der Waals surface area contributed by atoms with Crippen LogP contribution in [-0.4, -0.2) is 51.3 Å². The van der Waals surface area contributed by atoms with E-state index in [0.717, 1.165) is 51.5 Å². The lowest BCUT2D eigenvalue weighted by Gasteiger charge is -2.33. The standard InChI is InChI=1S/C20H30FN3O.HI/c1-22-19(24(2)13-16-9-12-25-14-16)23-15-20(10-3-4-11-20)17-5-7-18(21)8-6-17;/h5-8,16H,3-4,9-15H2,1-2H3,(H,22,23);1H. The van der Waals surface area contributed by atoms with Gasteiger partial charge >= 0.3 is 0 Å². The Kier molecular flexibility index (Phi) is 8.13. The molecule has 0 radical (unpaired) electrons. The normalized spacial score (nSPS) is 22.1. The van der Waals surface area contributed by atoms with Gasteiger partial charge in [-0.2, -0.15) is 0 Å². The predicted octanol–water partition coefficient (Wildman–Crippen LogP) is 3.80. The molecule has 2 aliphatic rings. The molecule has 1 atom stereocenters. The van der Waals surface area contributed by atoms with Gasteiger partial charge in [0, 0.05) is 45.1 Å². The van der Waals surface area contributed by atoms with E-state index in [4.69, 9.17) is 4.74 Å². The van der Waals surface area contributed by atoms with Gasteiger partial charge in [-0.1, -0.05) is 25.0 Å². The number of halogens is 2. The van der Waals surface area contributed by atoms with Crippen molar-refractivity contribution in [2.24, 2.45) is 10.9 Å². The molecule has 3 rings (SSSR count). The van der Waals surface area contributed by atoms with Crippen LogP contribution in [0, 0.1) is 11.7 Å². The maximum atomic E-state index is 13.3. The lowest BCUT2D eigenvalue weighted by Crippen LogP contribution is -2.46. The molecule has 1 aliphatic carbocycles. The van der Waals surface area contributed by atoms with Gasteiger partial charge in [0.15, 0.2) is 5.96 Å². The Morgan fingerprint density at radius 3 is 2.58 bits per heavy atom. The Hall–Kier alpha value is -0.890. The number of benzene rings is 1. The second kappa shape index (κ2) is 9.88. The van der Waals surface area contributed by atoms with Crippen LogP contribution in [-0.2, 0) is 10.2 Å². The van der Waals surface area contributed by atoms with E-state index < -0.39 is 0 Å². The van der Waals surface area contributed by atoms with Gasteiger partial charge in [0.25, 0.3) is 0 Å². The van der Waals surface area contributed by atoms with Gasteiger partial charge in [0.2, 0.25) is 0 Å². The molecule has 1 aromatic rings. The van der Waals surface area contributed by atoms with Gasteiger partial charge in [-0.15, -0.1) is 24.0 Å². The van der Waals surface area contributed by atoms with Gasteiger partial charge in [0.1, 0.15) is 5.82 Å². The Labute approximate surface area is 173 Å². The summed E-state index contributed by atoms with van der Waals surface area (Å²) in [6.45, 7) is 3.53. The average Bonchev–Trinajstić information content (AvgIpc) is 3.28. The molecular formula is C20H31FIN3O. The lowest BCUT2D eigenvalue weighted by molar-refractivity contribution is 0.181. The van der Waals surface area contributed by atoms with Gasteiger partial charge in [0.05, 0.1) is 6.61 Å². The minimum Gasteiger partial charge on any atom is -0.381 e. The molecule has 0 spiro atoms. The number of nitrogens with zero attached hydrogens (tertiary/aromatic N) is 2. The average molecular weight is 475 g/mol. The van der Waals surface area contributed by atoms with E-state index in [1.54, 1.807) is 12.1 Å². The molecule has 26 heavy (non-hydrogen) atoms. The van der Waals surface area contributed by atoms with Crippen molar-refractivity contribution in [2.75, 3.05) is 40.4 Å². The maximum absolute atomic E-state index is 13.3. The Morgan fingerprint density at radius 2 is 2.00 bits per heavy atom. The second-order valence-corrected chi connectivity index (χ2v) is 7.51.